The molecule has 1 amide bonds. The molecule has 2 aliphatic rings. The van der Waals surface area contributed by atoms with E-state index in [4.69, 9.17) is 0 Å². The molecule has 142 valence electrons. The van der Waals surface area contributed by atoms with Gasteiger partial charge in [-0.05, 0) is 48.1 Å². The Morgan fingerprint density at radius 3 is 2.22 bits per heavy atom. The predicted octanol–water partition coefficient (Wildman–Crippen LogP) is 5.27. The molecule has 27 heavy (non-hydrogen) atoms. The van der Waals surface area contributed by atoms with E-state index in [1.165, 1.54) is 12.5 Å². The molecule has 1 aliphatic heterocycles. The van der Waals surface area contributed by atoms with E-state index in [0.29, 0.717) is 11.1 Å². The minimum atomic E-state index is -1.06. The third-order valence-electron chi connectivity index (χ3n) is 6.16. The highest BCUT2D eigenvalue weighted by molar-refractivity contribution is 6.09. The van der Waals surface area contributed by atoms with Crippen LogP contribution in [-0.2, 0) is 10.2 Å². The van der Waals surface area contributed by atoms with E-state index in [-0.39, 0.29) is 23.3 Å². The predicted molar refractivity (Wildman–Crippen MR) is 99.7 cm³/mol. The van der Waals surface area contributed by atoms with Crippen LogP contribution in [0.25, 0.3) is 0 Å². The lowest BCUT2D eigenvalue weighted by molar-refractivity contribution is -0.121. The topological polar surface area (TPSA) is 49.3 Å². The third kappa shape index (κ3) is 2.80. The van der Waals surface area contributed by atoms with Gasteiger partial charge in [0, 0.05) is 0 Å². The fraction of sp³-hybridized carbons (Fsp3) is 0.409. The summed E-state index contributed by atoms with van der Waals surface area (Å²) in [7, 11) is 0. The maximum atomic E-state index is 14.5. The van der Waals surface area contributed by atoms with Gasteiger partial charge < -0.3 is 10.4 Å². The van der Waals surface area contributed by atoms with Crippen molar-refractivity contribution in [2.24, 2.45) is 5.92 Å². The van der Waals surface area contributed by atoms with Crippen molar-refractivity contribution >= 4 is 11.6 Å². The van der Waals surface area contributed by atoms with Crippen LogP contribution in [0.1, 0.15) is 56.1 Å². The third-order valence-corrected chi connectivity index (χ3v) is 6.16. The first kappa shape index (κ1) is 18.0. The Balaban J connectivity index is 1.93. The molecule has 1 saturated carbocycles. The van der Waals surface area contributed by atoms with Crippen LogP contribution in [0.3, 0.4) is 0 Å². The molecule has 1 unspecified atom stereocenters. The number of benzene rings is 2. The first-order valence-electron chi connectivity index (χ1n) is 9.64. The van der Waals surface area contributed by atoms with Crippen molar-refractivity contribution in [2.75, 3.05) is 5.32 Å². The van der Waals surface area contributed by atoms with Gasteiger partial charge in [-0.25, -0.2) is 8.78 Å². The summed E-state index contributed by atoms with van der Waals surface area (Å²) >= 11 is 0. The number of hydrogen-bond acceptors (Lipinski definition) is 2. The molecule has 0 spiro atoms. The number of rotatable bonds is 2. The number of fused-ring (bicyclic) bond motifs is 1. The first-order valence-corrected chi connectivity index (χ1v) is 9.64. The molecule has 3 nitrogen and oxygen atoms in total. The van der Waals surface area contributed by atoms with Crippen LogP contribution in [0.4, 0.5) is 14.5 Å². The van der Waals surface area contributed by atoms with Gasteiger partial charge in [-0.1, -0.05) is 50.3 Å². The fourth-order valence-electron chi connectivity index (χ4n) is 4.88. The van der Waals surface area contributed by atoms with Crippen LogP contribution in [0.2, 0.25) is 0 Å². The van der Waals surface area contributed by atoms with E-state index in [0.717, 1.165) is 44.6 Å². The molecular weight excluding hydrogens is 348 g/mol. The van der Waals surface area contributed by atoms with Gasteiger partial charge in [0.15, 0.2) is 11.6 Å². The summed E-state index contributed by atoms with van der Waals surface area (Å²) in [5.41, 5.74) is 0.112. The molecular formula is C22H23F2NO2. The quantitative estimate of drug-likeness (QED) is 0.756. The number of phenolic OH excluding ortho intramolecular Hbond substituents is 1. The molecule has 1 aliphatic carbocycles. The summed E-state index contributed by atoms with van der Waals surface area (Å²) < 4.78 is 28.3. The second-order valence-corrected chi connectivity index (χ2v) is 7.63. The Bertz CT molecular complexity index is 857. The number of halogens is 2. The molecule has 4 rings (SSSR count). The Hall–Kier alpha value is -2.43. The minimum Gasteiger partial charge on any atom is -0.508 e. The van der Waals surface area contributed by atoms with E-state index >= 15 is 0 Å². The Morgan fingerprint density at radius 2 is 1.56 bits per heavy atom. The number of anilines is 1. The number of nitrogens with one attached hydrogen (secondary N) is 1. The molecule has 0 bridgehead atoms. The summed E-state index contributed by atoms with van der Waals surface area (Å²) in [6, 6.07) is 9.19. The van der Waals surface area contributed by atoms with Gasteiger partial charge >= 0.3 is 0 Å². The highest BCUT2D eigenvalue weighted by Gasteiger charge is 2.54. The summed E-state index contributed by atoms with van der Waals surface area (Å²) in [5, 5.41) is 12.3. The van der Waals surface area contributed by atoms with Crippen LogP contribution in [0.15, 0.2) is 36.4 Å². The van der Waals surface area contributed by atoms with Gasteiger partial charge in [0.2, 0.25) is 5.91 Å². The fourth-order valence-corrected chi connectivity index (χ4v) is 4.88. The average Bonchev–Trinajstić information content (AvgIpc) is 2.92. The SMILES string of the molecule is O=C1Nc2c(ccc(F)c2F)C1(c1ccc(O)cc1)C1CCCCCCC1. The van der Waals surface area contributed by atoms with Crippen LogP contribution in [-0.4, -0.2) is 11.0 Å². The second kappa shape index (κ2) is 6.95. The summed E-state index contributed by atoms with van der Waals surface area (Å²) in [4.78, 5) is 13.3. The zero-order valence-corrected chi connectivity index (χ0v) is 15.1. The van der Waals surface area contributed by atoms with Crippen molar-refractivity contribution < 1.29 is 18.7 Å². The van der Waals surface area contributed by atoms with Crippen LogP contribution in [0, 0.1) is 17.6 Å². The molecule has 2 N–H and O–H groups in total. The Morgan fingerprint density at radius 1 is 0.926 bits per heavy atom. The number of aromatic hydroxyl groups is 1. The van der Waals surface area contributed by atoms with Crippen LogP contribution in [0.5, 0.6) is 5.75 Å². The number of carbonyl (C=O) groups excluding carboxylic acids is 1. The molecule has 5 heteroatoms. The molecule has 2 aromatic carbocycles. The normalized spacial score (nSPS) is 23.4. The monoisotopic (exact) mass is 371 g/mol. The summed E-state index contributed by atoms with van der Waals surface area (Å²) in [6.45, 7) is 0. The maximum Gasteiger partial charge on any atom is 0.239 e. The van der Waals surface area contributed by atoms with E-state index in [1.807, 2.05) is 0 Å². The van der Waals surface area contributed by atoms with Crippen molar-refractivity contribution in [1.29, 1.82) is 0 Å². The Labute approximate surface area is 157 Å². The van der Waals surface area contributed by atoms with E-state index in [2.05, 4.69) is 5.32 Å². The highest BCUT2D eigenvalue weighted by atomic mass is 19.2. The van der Waals surface area contributed by atoms with E-state index < -0.39 is 17.0 Å². The summed E-state index contributed by atoms with van der Waals surface area (Å²) in [5.74, 6) is -2.18. The number of phenols is 1. The van der Waals surface area contributed by atoms with Crippen molar-refractivity contribution in [3.05, 3.63) is 59.2 Å². The lowest BCUT2D eigenvalue weighted by Crippen LogP contribution is -2.43. The highest BCUT2D eigenvalue weighted by Crippen LogP contribution is 2.52. The van der Waals surface area contributed by atoms with Crippen molar-refractivity contribution in [2.45, 2.75) is 50.4 Å². The maximum absolute atomic E-state index is 14.5. The molecule has 1 heterocycles. The van der Waals surface area contributed by atoms with Gasteiger partial charge in [0.1, 0.15) is 11.2 Å². The van der Waals surface area contributed by atoms with Crippen molar-refractivity contribution in [3.8, 4) is 5.75 Å². The minimum absolute atomic E-state index is 0.00606. The lowest BCUT2D eigenvalue weighted by atomic mass is 9.63. The molecule has 0 radical (unpaired) electrons. The van der Waals surface area contributed by atoms with Gasteiger partial charge in [0.25, 0.3) is 0 Å². The largest absolute Gasteiger partial charge is 0.508 e. The zero-order valence-electron chi connectivity index (χ0n) is 15.1. The lowest BCUT2D eigenvalue weighted by Gasteiger charge is -2.38. The van der Waals surface area contributed by atoms with Gasteiger partial charge in [-0.3, -0.25) is 4.79 Å². The summed E-state index contributed by atoms with van der Waals surface area (Å²) in [6.07, 6.45) is 7.16. The first-order chi connectivity index (χ1) is 13.0. The van der Waals surface area contributed by atoms with Gasteiger partial charge in [0.05, 0.1) is 5.69 Å². The number of amides is 1. The second-order valence-electron chi connectivity index (χ2n) is 7.63. The number of carbonyl (C=O) groups is 1. The Kier molecular flexibility index (Phi) is 4.62. The van der Waals surface area contributed by atoms with E-state index in [9.17, 15) is 18.7 Å². The van der Waals surface area contributed by atoms with Crippen molar-refractivity contribution in [3.63, 3.8) is 0 Å². The van der Waals surface area contributed by atoms with Crippen LogP contribution >= 0.6 is 0 Å². The van der Waals surface area contributed by atoms with Gasteiger partial charge in [-0.15, -0.1) is 0 Å². The smallest absolute Gasteiger partial charge is 0.239 e. The molecule has 0 aromatic heterocycles. The van der Waals surface area contributed by atoms with Gasteiger partial charge in [-0.2, -0.15) is 0 Å². The van der Waals surface area contributed by atoms with E-state index in [1.54, 1.807) is 24.3 Å². The zero-order chi connectivity index (χ0) is 19.0. The van der Waals surface area contributed by atoms with Crippen LogP contribution < -0.4 is 5.32 Å². The van der Waals surface area contributed by atoms with Crippen molar-refractivity contribution in [1.82, 2.24) is 0 Å². The number of hydrogen-bond donors (Lipinski definition) is 2. The molecule has 0 saturated heterocycles. The molecule has 1 fully saturated rings. The molecule has 2 aromatic rings. The molecule has 1 atom stereocenters. The standard InChI is InChI=1S/C22H23F2NO2/c23-18-13-12-17-20(19(18)24)25-21(27)22(17,15-8-10-16(26)11-9-15)14-6-4-2-1-3-5-7-14/h8-14,26H,1-7H2,(H,25,27). The average molecular weight is 371 g/mol.